The Bertz CT molecular complexity index is 784. The van der Waals surface area contributed by atoms with Crippen LogP contribution >= 0.6 is 0 Å². The maximum absolute atomic E-state index is 13.5. The lowest BCUT2D eigenvalue weighted by atomic mass is 10.1. The molecule has 24 heavy (non-hydrogen) atoms. The van der Waals surface area contributed by atoms with Crippen molar-refractivity contribution in [2.75, 3.05) is 6.54 Å². The van der Waals surface area contributed by atoms with Crippen molar-refractivity contribution in [2.45, 2.75) is 13.0 Å². The highest BCUT2D eigenvalue weighted by Crippen LogP contribution is 2.22. The third-order valence-electron chi connectivity index (χ3n) is 3.87. The molecule has 0 unspecified atom stereocenters. The highest BCUT2D eigenvalue weighted by Gasteiger charge is 2.34. The fourth-order valence-corrected chi connectivity index (χ4v) is 2.58. The van der Waals surface area contributed by atoms with Gasteiger partial charge in [-0.25, -0.2) is 4.39 Å². The van der Waals surface area contributed by atoms with Crippen LogP contribution < -0.4 is 5.32 Å². The van der Waals surface area contributed by atoms with Gasteiger partial charge >= 0.3 is 0 Å². The Labute approximate surface area is 138 Å². The first-order chi connectivity index (χ1) is 11.6. The van der Waals surface area contributed by atoms with E-state index in [9.17, 15) is 18.8 Å². The van der Waals surface area contributed by atoms with Crippen molar-refractivity contribution in [2.24, 2.45) is 0 Å². The molecule has 6 heteroatoms. The summed E-state index contributed by atoms with van der Waals surface area (Å²) in [6.07, 6.45) is -0.0279. The van der Waals surface area contributed by atoms with Crippen molar-refractivity contribution in [1.29, 1.82) is 0 Å². The Balaban J connectivity index is 1.55. The molecule has 3 rings (SSSR count). The first-order valence-corrected chi connectivity index (χ1v) is 7.53. The van der Waals surface area contributed by atoms with Crippen molar-refractivity contribution in [1.82, 2.24) is 10.2 Å². The molecule has 0 fully saturated rings. The molecule has 0 spiro atoms. The smallest absolute Gasteiger partial charge is 0.261 e. The van der Waals surface area contributed by atoms with Gasteiger partial charge in [-0.3, -0.25) is 19.3 Å². The van der Waals surface area contributed by atoms with Crippen molar-refractivity contribution in [3.8, 4) is 0 Å². The summed E-state index contributed by atoms with van der Waals surface area (Å²) in [5, 5.41) is 2.59. The highest BCUT2D eigenvalue weighted by molar-refractivity contribution is 6.21. The number of fused-ring (bicyclic) bond motifs is 1. The standard InChI is InChI=1S/C18H15FN2O3/c19-15-8-4-1-5-12(15)11-20-16(22)9-10-21-17(23)13-6-2-3-7-14(13)18(21)24/h1-8H,9-11H2,(H,20,22). The number of nitrogens with one attached hydrogen (secondary N) is 1. The Morgan fingerprint density at radius 1 is 0.958 bits per heavy atom. The lowest BCUT2D eigenvalue weighted by molar-refractivity contribution is -0.121. The van der Waals surface area contributed by atoms with E-state index in [2.05, 4.69) is 5.32 Å². The van der Waals surface area contributed by atoms with Gasteiger partial charge in [0.2, 0.25) is 5.91 Å². The molecular formula is C18H15FN2O3. The van der Waals surface area contributed by atoms with Crippen molar-refractivity contribution in [3.05, 3.63) is 71.0 Å². The van der Waals surface area contributed by atoms with E-state index < -0.39 is 17.6 Å². The molecule has 0 saturated carbocycles. The van der Waals surface area contributed by atoms with Gasteiger partial charge in [0, 0.05) is 25.1 Å². The largest absolute Gasteiger partial charge is 0.352 e. The van der Waals surface area contributed by atoms with Gasteiger partial charge in [-0.2, -0.15) is 0 Å². The van der Waals surface area contributed by atoms with Gasteiger partial charge < -0.3 is 5.32 Å². The number of halogens is 1. The lowest BCUT2D eigenvalue weighted by Crippen LogP contribution is -2.34. The zero-order valence-electron chi connectivity index (χ0n) is 12.8. The third kappa shape index (κ3) is 3.03. The molecule has 0 aromatic heterocycles. The van der Waals surface area contributed by atoms with E-state index >= 15 is 0 Å². The molecule has 0 atom stereocenters. The molecule has 0 saturated heterocycles. The lowest BCUT2D eigenvalue weighted by Gasteiger charge is -2.13. The molecule has 122 valence electrons. The molecule has 2 aromatic carbocycles. The number of hydrogen-bond donors (Lipinski definition) is 1. The normalized spacial score (nSPS) is 13.1. The molecular weight excluding hydrogens is 311 g/mol. The van der Waals surface area contributed by atoms with Crippen molar-refractivity contribution in [3.63, 3.8) is 0 Å². The zero-order chi connectivity index (χ0) is 17.1. The van der Waals surface area contributed by atoms with Crippen molar-refractivity contribution < 1.29 is 18.8 Å². The number of carbonyl (C=O) groups excluding carboxylic acids is 3. The second-order valence-electron chi connectivity index (χ2n) is 5.43. The van der Waals surface area contributed by atoms with Crippen LogP contribution in [-0.4, -0.2) is 29.2 Å². The molecule has 1 aliphatic rings. The Kier molecular flexibility index (Phi) is 4.37. The van der Waals surface area contributed by atoms with Crippen LogP contribution in [0.1, 0.15) is 32.7 Å². The molecule has 0 aliphatic carbocycles. The number of amides is 3. The van der Waals surface area contributed by atoms with Gasteiger partial charge in [-0.15, -0.1) is 0 Å². The first-order valence-electron chi connectivity index (χ1n) is 7.53. The Morgan fingerprint density at radius 3 is 2.17 bits per heavy atom. The van der Waals surface area contributed by atoms with Gasteiger partial charge in [-0.1, -0.05) is 30.3 Å². The summed E-state index contributed by atoms with van der Waals surface area (Å²) in [4.78, 5) is 37.3. The van der Waals surface area contributed by atoms with E-state index in [-0.39, 0.29) is 25.4 Å². The molecule has 1 heterocycles. The molecule has 2 aromatic rings. The van der Waals surface area contributed by atoms with Crippen LogP contribution in [-0.2, 0) is 11.3 Å². The molecule has 5 nitrogen and oxygen atoms in total. The predicted octanol–water partition coefficient (Wildman–Crippen LogP) is 2.13. The van der Waals surface area contributed by atoms with Gasteiger partial charge in [0.05, 0.1) is 11.1 Å². The zero-order valence-corrected chi connectivity index (χ0v) is 12.8. The SMILES string of the molecule is O=C(CCN1C(=O)c2ccccc2C1=O)NCc1ccccc1F. The summed E-state index contributed by atoms with van der Waals surface area (Å²) in [5.74, 6) is -1.53. The maximum Gasteiger partial charge on any atom is 0.261 e. The van der Waals surface area contributed by atoms with E-state index in [0.29, 0.717) is 16.7 Å². The fourth-order valence-electron chi connectivity index (χ4n) is 2.58. The number of carbonyl (C=O) groups is 3. The van der Waals surface area contributed by atoms with Crippen LogP contribution in [0.25, 0.3) is 0 Å². The van der Waals surface area contributed by atoms with Crippen LogP contribution in [0, 0.1) is 5.82 Å². The number of rotatable bonds is 5. The minimum absolute atomic E-state index is 0.00451. The summed E-state index contributed by atoms with van der Waals surface area (Å²) >= 11 is 0. The minimum atomic E-state index is -0.391. The van der Waals surface area contributed by atoms with Crippen molar-refractivity contribution >= 4 is 17.7 Å². The first kappa shape index (κ1) is 15.9. The third-order valence-corrected chi connectivity index (χ3v) is 3.87. The van der Waals surface area contributed by atoms with Gasteiger partial charge in [0.1, 0.15) is 5.82 Å². The quantitative estimate of drug-likeness (QED) is 0.856. The van der Waals surface area contributed by atoms with E-state index in [1.165, 1.54) is 6.07 Å². The van der Waals surface area contributed by atoms with Gasteiger partial charge in [0.15, 0.2) is 0 Å². The van der Waals surface area contributed by atoms with E-state index in [4.69, 9.17) is 0 Å². The molecule has 3 amide bonds. The monoisotopic (exact) mass is 326 g/mol. The molecule has 1 N–H and O–H groups in total. The second-order valence-corrected chi connectivity index (χ2v) is 5.43. The molecule has 0 radical (unpaired) electrons. The fraction of sp³-hybridized carbons (Fsp3) is 0.167. The van der Waals surface area contributed by atoms with Crippen LogP contribution in [0.3, 0.4) is 0 Å². The molecule has 1 aliphatic heterocycles. The van der Waals surface area contributed by atoms with Gasteiger partial charge in [-0.05, 0) is 18.2 Å². The summed E-state index contributed by atoms with van der Waals surface area (Å²) in [6, 6.07) is 12.7. The summed E-state index contributed by atoms with van der Waals surface area (Å²) < 4.78 is 13.5. The number of hydrogen-bond acceptors (Lipinski definition) is 3. The van der Waals surface area contributed by atoms with Crippen LogP contribution in [0.2, 0.25) is 0 Å². The second kappa shape index (κ2) is 6.62. The van der Waals surface area contributed by atoms with Crippen LogP contribution in [0.5, 0.6) is 0 Å². The number of nitrogens with zero attached hydrogens (tertiary/aromatic N) is 1. The van der Waals surface area contributed by atoms with E-state index in [0.717, 1.165) is 4.90 Å². The Hall–Kier alpha value is -3.02. The van der Waals surface area contributed by atoms with Crippen LogP contribution in [0.4, 0.5) is 4.39 Å². The summed E-state index contributed by atoms with van der Waals surface area (Å²) in [5.41, 5.74) is 1.09. The number of imide groups is 1. The average Bonchev–Trinajstić information content (AvgIpc) is 2.84. The summed E-state index contributed by atoms with van der Waals surface area (Å²) in [6.45, 7) is 0.0586. The van der Waals surface area contributed by atoms with Crippen LogP contribution in [0.15, 0.2) is 48.5 Å². The number of benzene rings is 2. The van der Waals surface area contributed by atoms with E-state index in [1.807, 2.05) is 0 Å². The predicted molar refractivity (Wildman–Crippen MR) is 84.7 cm³/mol. The Morgan fingerprint density at radius 2 is 1.54 bits per heavy atom. The van der Waals surface area contributed by atoms with E-state index in [1.54, 1.807) is 42.5 Å². The highest BCUT2D eigenvalue weighted by atomic mass is 19.1. The molecule has 0 bridgehead atoms. The topological polar surface area (TPSA) is 66.5 Å². The summed E-state index contributed by atoms with van der Waals surface area (Å²) in [7, 11) is 0. The minimum Gasteiger partial charge on any atom is -0.352 e. The maximum atomic E-state index is 13.5. The average molecular weight is 326 g/mol. The van der Waals surface area contributed by atoms with Gasteiger partial charge in [0.25, 0.3) is 11.8 Å².